The van der Waals surface area contributed by atoms with E-state index in [-0.39, 0.29) is 23.0 Å². The lowest BCUT2D eigenvalue weighted by molar-refractivity contribution is 0.0748. The summed E-state index contributed by atoms with van der Waals surface area (Å²) in [5.41, 5.74) is 4.06. The van der Waals surface area contributed by atoms with Crippen molar-refractivity contribution in [2.45, 2.75) is 33.0 Å². The molecule has 0 aliphatic carbocycles. The molecule has 0 saturated heterocycles. The van der Waals surface area contributed by atoms with Crippen LogP contribution in [0.25, 0.3) is 0 Å². The number of ether oxygens (including phenoxy) is 1. The molecule has 0 atom stereocenters. The first-order valence-electron chi connectivity index (χ1n) is 11.7. The SMILES string of the molecule is CCc1cc(Nc2cc(O)cc(O)c2C(=O)N2Cc3cccnc3C2)n(Cc2ccc(OC)cc2)n1. The van der Waals surface area contributed by atoms with E-state index in [0.717, 1.165) is 34.7 Å². The van der Waals surface area contributed by atoms with Crippen LogP contribution in [0.1, 0.15) is 39.8 Å². The Morgan fingerprint density at radius 3 is 2.64 bits per heavy atom. The molecule has 1 amide bonds. The molecule has 4 aromatic rings. The summed E-state index contributed by atoms with van der Waals surface area (Å²) in [7, 11) is 1.62. The van der Waals surface area contributed by atoms with Gasteiger partial charge in [0.25, 0.3) is 5.91 Å². The predicted molar refractivity (Wildman–Crippen MR) is 135 cm³/mol. The Morgan fingerprint density at radius 2 is 1.92 bits per heavy atom. The van der Waals surface area contributed by atoms with Crippen LogP contribution in [0.4, 0.5) is 11.5 Å². The number of methoxy groups -OCH3 is 1. The first-order chi connectivity index (χ1) is 17.4. The maximum Gasteiger partial charge on any atom is 0.260 e. The van der Waals surface area contributed by atoms with Gasteiger partial charge in [0, 0.05) is 30.9 Å². The summed E-state index contributed by atoms with van der Waals surface area (Å²) in [4.78, 5) is 19.5. The van der Waals surface area contributed by atoms with Crippen molar-refractivity contribution >= 4 is 17.4 Å². The van der Waals surface area contributed by atoms with Crippen LogP contribution in [0.3, 0.4) is 0 Å². The van der Waals surface area contributed by atoms with Crippen molar-refractivity contribution < 1.29 is 19.7 Å². The molecule has 3 heterocycles. The van der Waals surface area contributed by atoms with Gasteiger partial charge in [-0.15, -0.1) is 0 Å². The van der Waals surface area contributed by atoms with E-state index in [1.807, 2.05) is 49.4 Å². The lowest BCUT2D eigenvalue weighted by Gasteiger charge is -2.20. The second kappa shape index (κ2) is 9.61. The van der Waals surface area contributed by atoms with Crippen LogP contribution < -0.4 is 10.1 Å². The molecule has 0 spiro atoms. The zero-order chi connectivity index (χ0) is 25.2. The van der Waals surface area contributed by atoms with Crippen LogP contribution in [0, 0.1) is 0 Å². The molecule has 9 heteroatoms. The van der Waals surface area contributed by atoms with Gasteiger partial charge >= 0.3 is 0 Å². The number of hydrogen-bond donors (Lipinski definition) is 3. The molecule has 0 radical (unpaired) electrons. The van der Waals surface area contributed by atoms with E-state index in [0.29, 0.717) is 31.1 Å². The molecule has 0 bridgehead atoms. The van der Waals surface area contributed by atoms with Gasteiger partial charge in [-0.05, 0) is 35.7 Å². The highest BCUT2D eigenvalue weighted by Gasteiger charge is 2.29. The largest absolute Gasteiger partial charge is 0.508 e. The molecule has 36 heavy (non-hydrogen) atoms. The fourth-order valence-electron chi connectivity index (χ4n) is 4.34. The monoisotopic (exact) mass is 485 g/mol. The van der Waals surface area contributed by atoms with E-state index in [9.17, 15) is 15.0 Å². The lowest BCUT2D eigenvalue weighted by Crippen LogP contribution is -2.26. The number of aromatic hydroxyl groups is 2. The number of rotatable bonds is 7. The Hall–Kier alpha value is -4.53. The number of benzene rings is 2. The van der Waals surface area contributed by atoms with Crippen LogP contribution in [0.2, 0.25) is 0 Å². The molecule has 3 N–H and O–H groups in total. The summed E-state index contributed by atoms with van der Waals surface area (Å²) in [6.45, 7) is 3.24. The van der Waals surface area contributed by atoms with Gasteiger partial charge in [0.1, 0.15) is 28.6 Å². The van der Waals surface area contributed by atoms with Crippen LogP contribution in [-0.4, -0.2) is 42.9 Å². The number of carbonyl (C=O) groups is 1. The number of phenolic OH excluding ortho intramolecular Hbond substituents is 2. The van der Waals surface area contributed by atoms with Crippen molar-refractivity contribution in [2.24, 2.45) is 0 Å². The van der Waals surface area contributed by atoms with Crippen molar-refractivity contribution in [1.29, 1.82) is 0 Å². The number of hydrogen-bond acceptors (Lipinski definition) is 7. The minimum atomic E-state index is -0.357. The molecule has 184 valence electrons. The predicted octanol–water partition coefficient (Wildman–Crippen LogP) is 4.21. The number of phenols is 2. The van der Waals surface area contributed by atoms with Crippen molar-refractivity contribution in [3.8, 4) is 17.2 Å². The number of fused-ring (bicyclic) bond motifs is 1. The fraction of sp³-hybridized carbons (Fsp3) is 0.222. The zero-order valence-electron chi connectivity index (χ0n) is 20.1. The third-order valence-electron chi connectivity index (χ3n) is 6.24. The molecule has 1 aliphatic rings. The smallest absolute Gasteiger partial charge is 0.260 e. The van der Waals surface area contributed by atoms with Crippen LogP contribution in [-0.2, 0) is 26.1 Å². The highest BCUT2D eigenvalue weighted by molar-refractivity contribution is 6.03. The van der Waals surface area contributed by atoms with Gasteiger partial charge in [-0.25, -0.2) is 4.68 Å². The Labute approximate surface area is 208 Å². The van der Waals surface area contributed by atoms with Crippen molar-refractivity contribution in [1.82, 2.24) is 19.7 Å². The molecule has 5 rings (SSSR count). The van der Waals surface area contributed by atoms with Crippen molar-refractivity contribution in [3.63, 3.8) is 0 Å². The molecule has 2 aromatic heterocycles. The summed E-state index contributed by atoms with van der Waals surface area (Å²) in [5, 5.41) is 28.8. The maximum absolute atomic E-state index is 13.5. The molecule has 1 aliphatic heterocycles. The summed E-state index contributed by atoms with van der Waals surface area (Å²) in [5.74, 6) is 0.584. The number of anilines is 2. The Balaban J connectivity index is 1.46. The summed E-state index contributed by atoms with van der Waals surface area (Å²) < 4.78 is 7.04. The van der Waals surface area contributed by atoms with Crippen molar-refractivity contribution in [2.75, 3.05) is 12.4 Å². The average Bonchev–Trinajstić information content (AvgIpc) is 3.48. The normalized spacial score (nSPS) is 12.4. The van der Waals surface area contributed by atoms with Gasteiger partial charge in [0.2, 0.25) is 0 Å². The van der Waals surface area contributed by atoms with Gasteiger partial charge in [0.05, 0.1) is 37.3 Å². The number of nitrogens with one attached hydrogen (secondary N) is 1. The highest BCUT2D eigenvalue weighted by Crippen LogP contribution is 2.36. The number of aryl methyl sites for hydroxylation is 1. The van der Waals surface area contributed by atoms with Gasteiger partial charge in [-0.3, -0.25) is 9.78 Å². The minimum Gasteiger partial charge on any atom is -0.508 e. The van der Waals surface area contributed by atoms with Gasteiger partial charge in [-0.1, -0.05) is 25.1 Å². The minimum absolute atomic E-state index is 0.0795. The quantitative estimate of drug-likeness (QED) is 0.359. The Bertz CT molecular complexity index is 1390. The standard InChI is InChI=1S/C27H27N5O4/c1-3-19-11-25(32(30-19)14-17-6-8-21(36-2)9-7-17)29-22-12-20(33)13-24(34)26(22)27(35)31-15-18-5-4-10-28-23(18)16-31/h4-13,29,33-34H,3,14-16H2,1-2H3. The van der Waals surface area contributed by atoms with Crippen LogP contribution >= 0.6 is 0 Å². The number of amides is 1. The van der Waals surface area contributed by atoms with E-state index in [1.165, 1.54) is 12.1 Å². The summed E-state index contributed by atoms with van der Waals surface area (Å²) >= 11 is 0. The molecular weight excluding hydrogens is 458 g/mol. The average molecular weight is 486 g/mol. The molecule has 2 aromatic carbocycles. The fourth-order valence-corrected chi connectivity index (χ4v) is 4.34. The van der Waals surface area contributed by atoms with Gasteiger partial charge in [0.15, 0.2) is 0 Å². The van der Waals surface area contributed by atoms with Gasteiger partial charge < -0.3 is 25.2 Å². The van der Waals surface area contributed by atoms with E-state index in [2.05, 4.69) is 15.4 Å². The first-order valence-corrected chi connectivity index (χ1v) is 11.7. The molecule has 0 unspecified atom stereocenters. The molecular formula is C27H27N5O4. The number of aromatic nitrogens is 3. The van der Waals surface area contributed by atoms with Crippen LogP contribution in [0.15, 0.2) is 60.8 Å². The highest BCUT2D eigenvalue weighted by atomic mass is 16.5. The topological polar surface area (TPSA) is 113 Å². The molecule has 9 nitrogen and oxygen atoms in total. The Kier molecular flexibility index (Phi) is 6.20. The summed E-state index contributed by atoms with van der Waals surface area (Å²) in [6, 6.07) is 16.0. The Morgan fingerprint density at radius 1 is 1.11 bits per heavy atom. The lowest BCUT2D eigenvalue weighted by atomic mass is 10.1. The van der Waals surface area contributed by atoms with E-state index < -0.39 is 0 Å². The molecule has 0 saturated carbocycles. The summed E-state index contributed by atoms with van der Waals surface area (Å²) in [6.07, 6.45) is 2.42. The van der Waals surface area contributed by atoms with E-state index in [1.54, 1.807) is 22.9 Å². The van der Waals surface area contributed by atoms with Crippen molar-refractivity contribution in [3.05, 3.63) is 88.9 Å². The number of carbonyl (C=O) groups excluding carboxylic acids is 1. The van der Waals surface area contributed by atoms with E-state index >= 15 is 0 Å². The number of pyridine rings is 1. The zero-order valence-corrected chi connectivity index (χ0v) is 20.1. The van der Waals surface area contributed by atoms with Crippen LogP contribution in [0.5, 0.6) is 17.2 Å². The third-order valence-corrected chi connectivity index (χ3v) is 6.24. The first kappa shape index (κ1) is 23.2. The third kappa shape index (κ3) is 4.55. The van der Waals surface area contributed by atoms with Gasteiger partial charge in [-0.2, -0.15) is 5.10 Å². The number of nitrogens with zero attached hydrogens (tertiary/aromatic N) is 4. The second-order valence-corrected chi connectivity index (χ2v) is 8.66. The molecule has 0 fully saturated rings. The van der Waals surface area contributed by atoms with E-state index in [4.69, 9.17) is 4.74 Å². The second-order valence-electron chi connectivity index (χ2n) is 8.66. The maximum atomic E-state index is 13.5.